The average molecular weight is 1560 g/mol. The summed E-state index contributed by atoms with van der Waals surface area (Å²) in [5.74, 6) is 0. The van der Waals surface area contributed by atoms with Crippen molar-refractivity contribution in [1.29, 1.82) is 0 Å². The maximum atomic E-state index is 14.2. The first-order chi connectivity index (χ1) is 43.1. The zero-order valence-electron chi connectivity index (χ0n) is 47.4. The van der Waals surface area contributed by atoms with Gasteiger partial charge in [0, 0.05) is 17.5 Å². The van der Waals surface area contributed by atoms with E-state index >= 15 is 0 Å². The summed E-state index contributed by atoms with van der Waals surface area (Å²) < 4.78 is 343. The van der Waals surface area contributed by atoms with Crippen LogP contribution in [-0.4, -0.2) is 22.8 Å². The van der Waals surface area contributed by atoms with Crippen LogP contribution in [0.25, 0.3) is 10.6 Å². The molecule has 498 valence electrons. The van der Waals surface area contributed by atoms with Crippen LogP contribution in [0.15, 0.2) is 188 Å². The number of aromatic nitrogens is 1. The predicted molar refractivity (Wildman–Crippen MR) is 306 cm³/mol. The number of nitrogens with zero attached hydrogens (tertiary/aromatic N) is 2. The van der Waals surface area contributed by atoms with Crippen LogP contribution in [0.1, 0.15) is 74.0 Å². The SMILES string of the molecule is CN(C1CCCc2sc(-c3ccccc3)nc21)[PH+](c1ccccc1)c1ccccc1.FC(F)(F)c1cc([B-](c2cc(C(F)(F)F)cc(C(F)(F)F)c2)(c2cc(C(F)(F)F)cc(C(F)(F)F)c2)c2cc(C(F)(F)F)cc(C(F)(F)F)c2)cc(C(F)(F)F)c1.[Ir+3].[c-]1cc[c-]cc1. The number of rotatable bonds is 9. The van der Waals surface area contributed by atoms with Crippen LogP contribution in [0, 0.1) is 12.1 Å². The summed E-state index contributed by atoms with van der Waals surface area (Å²) in [4.78, 5) is 6.66. The van der Waals surface area contributed by atoms with E-state index < -0.39 is 203 Å². The van der Waals surface area contributed by atoms with Crippen LogP contribution in [0.2, 0.25) is 0 Å². The van der Waals surface area contributed by atoms with Gasteiger partial charge in [-0.25, -0.2) is 4.98 Å². The topological polar surface area (TPSA) is 16.1 Å². The molecule has 1 aliphatic carbocycles. The summed E-state index contributed by atoms with van der Waals surface area (Å²) in [6, 6.07) is 37.2. The van der Waals surface area contributed by atoms with Gasteiger partial charge in [-0.1, -0.05) is 115 Å². The molecule has 0 bridgehead atoms. The van der Waals surface area contributed by atoms with E-state index in [4.69, 9.17) is 4.98 Å². The molecule has 1 heterocycles. The number of hydrogen-bond donors (Lipinski definition) is 0. The largest absolute Gasteiger partial charge is 3.00 e. The Kier molecular flexibility index (Phi) is 22.3. The predicted octanol–water partition coefficient (Wildman–Crippen LogP) is 18.4. The van der Waals surface area contributed by atoms with Crippen LogP contribution in [0.5, 0.6) is 0 Å². The normalized spacial score (nSPS) is 14.3. The molecule has 10 rings (SSSR count). The number of benzene rings is 8. The molecule has 0 radical (unpaired) electrons. The molecule has 1 aliphatic rings. The molecule has 0 spiro atoms. The number of thiazole rings is 1. The minimum Gasteiger partial charge on any atom is -0.319 e. The molecule has 30 heteroatoms. The van der Waals surface area contributed by atoms with E-state index in [1.807, 2.05) is 35.6 Å². The van der Waals surface area contributed by atoms with Crippen molar-refractivity contribution in [3.05, 3.63) is 255 Å². The van der Waals surface area contributed by atoms with E-state index in [1.54, 1.807) is 0 Å². The van der Waals surface area contributed by atoms with Crippen molar-refractivity contribution in [3.63, 3.8) is 0 Å². The van der Waals surface area contributed by atoms with Gasteiger partial charge >= 0.3 is 69.5 Å². The standard InChI is InChI=1S/C32H12BF24.C26H25N2PS.C6H4.Ir/c34-25(35,36)13-1-14(26(37,38)39)6-21(5-13)33(22-7-15(27(40,41)42)2-16(8-22)28(43,44)45,23-9-17(29(46,47)48)3-18(10-23)30(49,50)51)24-11-19(31(52,53)54)4-20(12-24)32(55,56)57;1-28(29(21-14-7-3-8-15-21)22-16-9-4-10-17-22)23-18-11-19-24-25(23)27-26(30-24)20-12-5-2-6-13-20;1-2-4-6-5-3-1;/h1-12H;2-10,12-17,23H,11,18-19H2,1H3;1-2,5-6H;/q-1;;-2;+3/p+1. The fourth-order valence-corrected chi connectivity index (χ4v) is 14.7. The summed E-state index contributed by atoms with van der Waals surface area (Å²) in [5.41, 5.74) is -27.7. The zero-order valence-corrected chi connectivity index (χ0v) is 51.6. The molecule has 1 aromatic heterocycles. The molecule has 1 unspecified atom stereocenters. The van der Waals surface area contributed by atoms with Gasteiger partial charge in [-0.15, -0.1) is 11.3 Å². The molecule has 1 atom stereocenters. The molecule has 0 saturated carbocycles. The van der Waals surface area contributed by atoms with Crippen LogP contribution >= 0.6 is 19.4 Å². The van der Waals surface area contributed by atoms with Crippen molar-refractivity contribution in [3.8, 4) is 10.6 Å². The number of aryl methyl sites for hydroxylation is 1. The summed E-state index contributed by atoms with van der Waals surface area (Å²) in [7, 11) is 1.24. The second-order valence-corrected chi connectivity index (χ2v) is 24.7. The van der Waals surface area contributed by atoms with Crippen LogP contribution in [0.3, 0.4) is 0 Å². The van der Waals surface area contributed by atoms with Crippen LogP contribution < -0.4 is 32.5 Å². The zero-order chi connectivity index (χ0) is 68.5. The van der Waals surface area contributed by atoms with Crippen molar-refractivity contribution in [2.75, 3.05) is 7.05 Å². The Balaban J connectivity index is 0.000000278. The van der Waals surface area contributed by atoms with E-state index in [9.17, 15) is 105 Å². The van der Waals surface area contributed by atoms with Crippen LogP contribution in [-0.2, 0) is 75.9 Å². The van der Waals surface area contributed by atoms with E-state index in [0.717, 1.165) is 11.4 Å². The Morgan fingerprint density at radius 3 is 0.926 bits per heavy atom. The van der Waals surface area contributed by atoms with Gasteiger partial charge in [-0.3, -0.25) is 24.3 Å². The Labute approximate surface area is 538 Å². The van der Waals surface area contributed by atoms with Gasteiger partial charge in [0.2, 0.25) is 0 Å². The molecule has 0 amide bonds. The quantitative estimate of drug-likeness (QED) is 0.0620. The molecule has 2 nitrogen and oxygen atoms in total. The van der Waals surface area contributed by atoms with Crippen LogP contribution in [0.4, 0.5) is 105 Å². The fraction of sp³-hybridized carbons (Fsp3) is 0.203. The maximum absolute atomic E-state index is 14.2. The first-order valence-electron chi connectivity index (χ1n) is 27.0. The van der Waals surface area contributed by atoms with Crippen molar-refractivity contribution in [1.82, 2.24) is 9.65 Å². The van der Waals surface area contributed by atoms with E-state index in [1.165, 1.54) is 39.6 Å². The molecular weight excluding hydrogens is 1520 g/mol. The Morgan fingerprint density at radius 1 is 0.404 bits per heavy atom. The van der Waals surface area contributed by atoms with Gasteiger partial charge in [0.05, 0.1) is 56.2 Å². The molecule has 9 aromatic rings. The minimum atomic E-state index is -6.13. The van der Waals surface area contributed by atoms with E-state index in [-0.39, 0.29) is 20.1 Å². The third kappa shape index (κ3) is 17.4. The molecule has 0 saturated heterocycles. The van der Waals surface area contributed by atoms with Gasteiger partial charge in [0.1, 0.15) is 29.8 Å². The molecule has 0 N–H and O–H groups in total. The van der Waals surface area contributed by atoms with Crippen molar-refractivity contribution >= 4 is 58.0 Å². The first-order valence-corrected chi connectivity index (χ1v) is 29.3. The third-order valence-electron chi connectivity index (χ3n) is 14.9. The Morgan fingerprint density at radius 2 is 0.670 bits per heavy atom. The number of fused-ring (bicyclic) bond motifs is 1. The van der Waals surface area contributed by atoms with Gasteiger partial charge in [0.25, 0.3) is 0 Å². The van der Waals surface area contributed by atoms with Gasteiger partial charge in [-0.2, -0.15) is 132 Å². The van der Waals surface area contributed by atoms with E-state index in [2.05, 4.69) is 115 Å². The molecular formula is C64H42BF24IrN2PS+. The van der Waals surface area contributed by atoms with Gasteiger partial charge in [-0.05, 0) is 67.8 Å². The molecule has 94 heavy (non-hydrogen) atoms. The molecule has 8 aromatic carbocycles. The Hall–Kier alpha value is -7.19. The second kappa shape index (κ2) is 28.3. The second-order valence-electron chi connectivity index (χ2n) is 21.0. The van der Waals surface area contributed by atoms with Crippen molar-refractivity contribution in [2.45, 2.75) is 74.7 Å². The summed E-state index contributed by atoms with van der Waals surface area (Å²) in [6.07, 6.45) is -51.2. The smallest absolute Gasteiger partial charge is 0.319 e. The number of hydrogen-bond acceptors (Lipinski definition) is 3. The summed E-state index contributed by atoms with van der Waals surface area (Å²) in [6.45, 7) is 0. The van der Waals surface area contributed by atoms with Crippen molar-refractivity contribution < 1.29 is 125 Å². The maximum Gasteiger partial charge on any atom is 3.00 e. The molecule has 0 aliphatic heterocycles. The number of alkyl halides is 24. The average Bonchev–Trinajstić information content (AvgIpc) is 0.813. The summed E-state index contributed by atoms with van der Waals surface area (Å²) >= 11 is 1.89. The van der Waals surface area contributed by atoms with Gasteiger partial charge < -0.3 is 12.1 Å². The summed E-state index contributed by atoms with van der Waals surface area (Å²) in [5, 5.41) is 4.03. The van der Waals surface area contributed by atoms with E-state index in [0.29, 0.717) is 6.04 Å². The monoisotopic (exact) mass is 1560 g/mol. The minimum absolute atomic E-state index is 0. The van der Waals surface area contributed by atoms with Gasteiger partial charge in [0.15, 0.2) is 0 Å². The third-order valence-corrected chi connectivity index (χ3v) is 18.8. The first kappa shape index (κ1) is 74.2. The fourth-order valence-electron chi connectivity index (χ4n) is 10.8. The van der Waals surface area contributed by atoms with Crippen molar-refractivity contribution in [2.24, 2.45) is 0 Å². The Bertz CT molecular complexity index is 3490. The number of halogens is 24. The molecule has 0 fully saturated rings.